The Balaban J connectivity index is 2.15. The predicted molar refractivity (Wildman–Crippen MR) is 102 cm³/mol. The standard InChI is InChI=1S/C19H23ClN2O4/c1-12(2)26-16-7-5-4-6-15(16)22-10-13-8-14(20)19(17(9-13)24-3)25-11-18(21)23/h4-9,12,22H,10-11H2,1-3H3,(H2,21,23). The van der Waals surface area contributed by atoms with Crippen LogP contribution in [0, 0.1) is 0 Å². The van der Waals surface area contributed by atoms with Crippen LogP contribution in [0.3, 0.4) is 0 Å². The maximum absolute atomic E-state index is 10.9. The molecule has 0 atom stereocenters. The van der Waals surface area contributed by atoms with Crippen LogP contribution in [0.5, 0.6) is 17.2 Å². The van der Waals surface area contributed by atoms with Crippen LogP contribution in [0.1, 0.15) is 19.4 Å². The van der Waals surface area contributed by atoms with Gasteiger partial charge in [-0.25, -0.2) is 0 Å². The predicted octanol–water partition coefficient (Wildman–Crippen LogP) is 3.61. The second-order valence-corrected chi connectivity index (χ2v) is 6.29. The van der Waals surface area contributed by atoms with Crippen molar-refractivity contribution in [3.05, 3.63) is 47.0 Å². The van der Waals surface area contributed by atoms with E-state index in [0.29, 0.717) is 23.1 Å². The largest absolute Gasteiger partial charge is 0.493 e. The summed E-state index contributed by atoms with van der Waals surface area (Å²) in [5, 5.41) is 3.67. The van der Waals surface area contributed by atoms with Gasteiger partial charge >= 0.3 is 0 Å². The maximum Gasteiger partial charge on any atom is 0.255 e. The van der Waals surface area contributed by atoms with Crippen molar-refractivity contribution < 1.29 is 19.0 Å². The number of nitrogens with one attached hydrogen (secondary N) is 1. The summed E-state index contributed by atoms with van der Waals surface area (Å²) in [6.07, 6.45) is 0.0779. The number of rotatable bonds is 9. The molecule has 0 aliphatic rings. The molecule has 0 aliphatic heterocycles. The van der Waals surface area contributed by atoms with Crippen LogP contribution in [0.4, 0.5) is 5.69 Å². The molecule has 2 rings (SSSR count). The molecule has 3 N–H and O–H groups in total. The normalized spacial score (nSPS) is 10.5. The van der Waals surface area contributed by atoms with E-state index in [9.17, 15) is 4.79 Å². The van der Waals surface area contributed by atoms with E-state index in [1.54, 1.807) is 12.1 Å². The zero-order valence-corrected chi connectivity index (χ0v) is 15.8. The van der Waals surface area contributed by atoms with E-state index in [-0.39, 0.29) is 12.7 Å². The summed E-state index contributed by atoms with van der Waals surface area (Å²) in [6, 6.07) is 11.3. The third-order valence-electron chi connectivity index (χ3n) is 3.38. The number of ether oxygens (including phenoxy) is 3. The van der Waals surface area contributed by atoms with Gasteiger partial charge in [0.15, 0.2) is 18.1 Å². The first kappa shape index (κ1) is 19.7. The second-order valence-electron chi connectivity index (χ2n) is 5.88. The van der Waals surface area contributed by atoms with Crippen LogP contribution < -0.4 is 25.3 Å². The molecule has 0 saturated heterocycles. The minimum absolute atomic E-state index is 0.0779. The Bertz CT molecular complexity index is 765. The third-order valence-corrected chi connectivity index (χ3v) is 3.66. The first-order chi connectivity index (χ1) is 12.4. The number of hydrogen-bond donors (Lipinski definition) is 2. The van der Waals surface area contributed by atoms with Gasteiger partial charge in [0.2, 0.25) is 0 Å². The fourth-order valence-corrected chi connectivity index (χ4v) is 2.61. The van der Waals surface area contributed by atoms with Gasteiger partial charge < -0.3 is 25.3 Å². The molecule has 0 saturated carbocycles. The van der Waals surface area contributed by atoms with Crippen molar-refractivity contribution in [2.75, 3.05) is 19.0 Å². The van der Waals surface area contributed by atoms with Crippen molar-refractivity contribution in [2.24, 2.45) is 5.73 Å². The van der Waals surface area contributed by atoms with Gasteiger partial charge in [-0.15, -0.1) is 0 Å². The summed E-state index contributed by atoms with van der Waals surface area (Å²) in [4.78, 5) is 10.9. The number of methoxy groups -OCH3 is 1. The van der Waals surface area contributed by atoms with Crippen LogP contribution in [0.15, 0.2) is 36.4 Å². The van der Waals surface area contributed by atoms with Gasteiger partial charge in [0.05, 0.1) is 23.9 Å². The molecule has 26 heavy (non-hydrogen) atoms. The van der Waals surface area contributed by atoms with E-state index in [1.165, 1.54) is 7.11 Å². The van der Waals surface area contributed by atoms with Crippen LogP contribution in [0.25, 0.3) is 0 Å². The second kappa shape index (κ2) is 9.20. The molecule has 0 spiro atoms. The molecule has 7 heteroatoms. The lowest BCUT2D eigenvalue weighted by atomic mass is 10.2. The topological polar surface area (TPSA) is 82.8 Å². The first-order valence-electron chi connectivity index (χ1n) is 8.17. The summed E-state index contributed by atoms with van der Waals surface area (Å²) >= 11 is 6.27. The summed E-state index contributed by atoms with van der Waals surface area (Å²) in [5.74, 6) is 0.917. The quantitative estimate of drug-likeness (QED) is 0.696. The lowest BCUT2D eigenvalue weighted by molar-refractivity contribution is -0.119. The van der Waals surface area contributed by atoms with Gasteiger partial charge in [-0.3, -0.25) is 4.79 Å². The zero-order valence-electron chi connectivity index (χ0n) is 15.0. The van der Waals surface area contributed by atoms with Crippen LogP contribution in [0.2, 0.25) is 5.02 Å². The highest BCUT2D eigenvalue weighted by Crippen LogP contribution is 2.37. The number of carbonyl (C=O) groups is 1. The lowest BCUT2D eigenvalue weighted by Gasteiger charge is -2.17. The Hall–Kier alpha value is -2.60. The average Bonchev–Trinajstić information content (AvgIpc) is 2.58. The molecule has 6 nitrogen and oxygen atoms in total. The van der Waals surface area contributed by atoms with Crippen LogP contribution >= 0.6 is 11.6 Å². The molecule has 2 aromatic carbocycles. The van der Waals surface area contributed by atoms with Crippen molar-refractivity contribution in [1.82, 2.24) is 0 Å². The van der Waals surface area contributed by atoms with Crippen molar-refractivity contribution in [2.45, 2.75) is 26.5 Å². The molecule has 1 amide bonds. The van der Waals surface area contributed by atoms with Crippen LogP contribution in [-0.4, -0.2) is 25.7 Å². The number of nitrogens with two attached hydrogens (primary N) is 1. The lowest BCUT2D eigenvalue weighted by Crippen LogP contribution is -2.20. The van der Waals surface area contributed by atoms with Gasteiger partial charge in [-0.1, -0.05) is 23.7 Å². The Morgan fingerprint density at radius 1 is 1.23 bits per heavy atom. The van der Waals surface area contributed by atoms with Gasteiger partial charge in [0.25, 0.3) is 5.91 Å². The number of carbonyl (C=O) groups excluding carboxylic acids is 1. The molecule has 0 bridgehead atoms. The highest BCUT2D eigenvalue weighted by Gasteiger charge is 2.13. The zero-order chi connectivity index (χ0) is 19.1. The minimum Gasteiger partial charge on any atom is -0.493 e. The molecule has 0 aromatic heterocycles. The van der Waals surface area contributed by atoms with Crippen molar-refractivity contribution in [3.63, 3.8) is 0 Å². The fraction of sp³-hybridized carbons (Fsp3) is 0.316. The molecule has 140 valence electrons. The third kappa shape index (κ3) is 5.46. The highest BCUT2D eigenvalue weighted by atomic mass is 35.5. The Labute approximate surface area is 158 Å². The first-order valence-corrected chi connectivity index (χ1v) is 8.55. The smallest absolute Gasteiger partial charge is 0.255 e. The number of halogens is 1. The highest BCUT2D eigenvalue weighted by molar-refractivity contribution is 6.32. The molecular formula is C19H23ClN2O4. The number of primary amides is 1. The number of para-hydroxylation sites is 2. The summed E-state index contributed by atoms with van der Waals surface area (Å²) < 4.78 is 16.4. The van der Waals surface area contributed by atoms with Gasteiger partial charge in [0, 0.05) is 6.54 Å². The molecule has 0 fully saturated rings. The molecule has 0 aliphatic carbocycles. The van der Waals surface area contributed by atoms with E-state index >= 15 is 0 Å². The number of hydrogen-bond acceptors (Lipinski definition) is 5. The van der Waals surface area contributed by atoms with Gasteiger partial charge in [0.1, 0.15) is 5.75 Å². The maximum atomic E-state index is 10.9. The Kier molecular flexibility index (Phi) is 6.97. The van der Waals surface area contributed by atoms with Gasteiger partial charge in [-0.05, 0) is 43.7 Å². The van der Waals surface area contributed by atoms with E-state index in [4.69, 9.17) is 31.5 Å². The monoisotopic (exact) mass is 378 g/mol. The number of amides is 1. The van der Waals surface area contributed by atoms with Gasteiger partial charge in [-0.2, -0.15) is 0 Å². The fourth-order valence-electron chi connectivity index (χ4n) is 2.33. The van der Waals surface area contributed by atoms with E-state index < -0.39 is 5.91 Å². The number of anilines is 1. The average molecular weight is 379 g/mol. The summed E-state index contributed by atoms with van der Waals surface area (Å²) in [6.45, 7) is 4.19. The molecular weight excluding hydrogens is 356 g/mol. The summed E-state index contributed by atoms with van der Waals surface area (Å²) in [5.41, 5.74) is 6.87. The SMILES string of the molecule is COc1cc(CNc2ccccc2OC(C)C)cc(Cl)c1OCC(N)=O. The Morgan fingerprint density at radius 3 is 2.62 bits per heavy atom. The van der Waals surface area contributed by atoms with Crippen molar-refractivity contribution in [3.8, 4) is 17.2 Å². The summed E-state index contributed by atoms with van der Waals surface area (Å²) in [7, 11) is 1.51. The van der Waals surface area contributed by atoms with E-state index in [2.05, 4.69) is 5.32 Å². The molecule has 0 unspecified atom stereocenters. The number of benzene rings is 2. The van der Waals surface area contributed by atoms with E-state index in [1.807, 2.05) is 38.1 Å². The van der Waals surface area contributed by atoms with Crippen molar-refractivity contribution in [1.29, 1.82) is 0 Å². The molecule has 0 radical (unpaired) electrons. The minimum atomic E-state index is -0.587. The van der Waals surface area contributed by atoms with Crippen molar-refractivity contribution >= 4 is 23.2 Å². The van der Waals surface area contributed by atoms with Crippen LogP contribution in [-0.2, 0) is 11.3 Å². The Morgan fingerprint density at radius 2 is 1.96 bits per heavy atom. The molecule has 2 aromatic rings. The molecule has 0 heterocycles. The van der Waals surface area contributed by atoms with E-state index in [0.717, 1.165) is 17.0 Å².